The van der Waals surface area contributed by atoms with Gasteiger partial charge in [-0.3, -0.25) is 4.79 Å². The van der Waals surface area contributed by atoms with E-state index in [9.17, 15) is 13.2 Å². The number of hydrogen-bond acceptors (Lipinski definition) is 3. The number of carbonyl (C=O) groups is 1. The highest BCUT2D eigenvalue weighted by Crippen LogP contribution is 2.25. The minimum atomic E-state index is -3.51. The summed E-state index contributed by atoms with van der Waals surface area (Å²) in [6, 6.07) is 10.7. The zero-order valence-electron chi connectivity index (χ0n) is 14.8. The lowest BCUT2D eigenvalue weighted by molar-refractivity contribution is 0.102. The third-order valence-electron chi connectivity index (χ3n) is 4.62. The first-order chi connectivity index (χ1) is 12.8. The second kappa shape index (κ2) is 8.19. The van der Waals surface area contributed by atoms with Crippen molar-refractivity contribution in [3.05, 3.63) is 58.1 Å². The molecule has 2 aromatic carbocycles. The van der Waals surface area contributed by atoms with E-state index in [2.05, 4.69) is 12.2 Å². The Morgan fingerprint density at radius 3 is 2.15 bits per heavy atom. The molecule has 0 atom stereocenters. The second-order valence-corrected chi connectivity index (χ2v) is 9.53. The summed E-state index contributed by atoms with van der Waals surface area (Å²) in [5.41, 5.74) is 0.814. The fraction of sp³-hybridized carbons (Fsp3) is 0.316. The number of sulfonamides is 1. The van der Waals surface area contributed by atoms with Crippen LogP contribution in [0, 0.1) is 5.92 Å². The quantitative estimate of drug-likeness (QED) is 0.772. The van der Waals surface area contributed by atoms with Gasteiger partial charge in [0.25, 0.3) is 5.91 Å². The molecule has 1 saturated heterocycles. The highest BCUT2D eigenvalue weighted by molar-refractivity contribution is 7.89. The number of anilines is 1. The van der Waals surface area contributed by atoms with Crippen LogP contribution in [-0.4, -0.2) is 31.7 Å². The lowest BCUT2D eigenvalue weighted by Crippen LogP contribution is -2.37. The van der Waals surface area contributed by atoms with Crippen LogP contribution in [0.15, 0.2) is 47.4 Å². The molecule has 0 saturated carbocycles. The number of nitrogens with zero attached hydrogens (tertiary/aromatic N) is 1. The Morgan fingerprint density at radius 2 is 1.59 bits per heavy atom. The van der Waals surface area contributed by atoms with Gasteiger partial charge in [-0.15, -0.1) is 0 Å². The Labute approximate surface area is 169 Å². The van der Waals surface area contributed by atoms with Gasteiger partial charge in [0.2, 0.25) is 10.0 Å². The number of rotatable bonds is 4. The maximum absolute atomic E-state index is 12.7. The van der Waals surface area contributed by atoms with Gasteiger partial charge in [0, 0.05) is 34.4 Å². The summed E-state index contributed by atoms with van der Waals surface area (Å²) in [4.78, 5) is 12.5. The minimum absolute atomic E-state index is 0.223. The molecule has 0 bridgehead atoms. The molecule has 144 valence electrons. The van der Waals surface area contributed by atoms with Crippen LogP contribution < -0.4 is 5.32 Å². The average molecular weight is 427 g/mol. The summed E-state index contributed by atoms with van der Waals surface area (Å²) in [5.74, 6) is 0.175. The van der Waals surface area contributed by atoms with Gasteiger partial charge in [-0.25, -0.2) is 8.42 Å². The summed E-state index contributed by atoms with van der Waals surface area (Å²) in [6.07, 6.45) is 1.74. The summed E-state index contributed by atoms with van der Waals surface area (Å²) in [5, 5.41) is 3.44. The van der Waals surface area contributed by atoms with Gasteiger partial charge in [-0.05, 0) is 61.2 Å². The van der Waals surface area contributed by atoms with Crippen molar-refractivity contribution in [1.29, 1.82) is 0 Å². The lowest BCUT2D eigenvalue weighted by Gasteiger charge is -2.29. The highest BCUT2D eigenvalue weighted by Gasteiger charge is 2.27. The lowest BCUT2D eigenvalue weighted by atomic mass is 10.0. The molecule has 0 aromatic heterocycles. The predicted molar refractivity (Wildman–Crippen MR) is 108 cm³/mol. The average Bonchev–Trinajstić information content (AvgIpc) is 2.61. The predicted octanol–water partition coefficient (Wildman–Crippen LogP) is 4.67. The van der Waals surface area contributed by atoms with E-state index in [0.29, 0.717) is 40.3 Å². The molecule has 3 rings (SSSR count). The zero-order chi connectivity index (χ0) is 19.6. The molecule has 0 spiro atoms. The molecule has 1 amide bonds. The first kappa shape index (κ1) is 20.1. The van der Waals surface area contributed by atoms with Gasteiger partial charge >= 0.3 is 0 Å². The van der Waals surface area contributed by atoms with E-state index in [1.165, 1.54) is 28.6 Å². The Hall–Kier alpha value is -1.60. The first-order valence-corrected chi connectivity index (χ1v) is 10.8. The van der Waals surface area contributed by atoms with Crippen molar-refractivity contribution in [2.45, 2.75) is 24.7 Å². The molecule has 1 N–H and O–H groups in total. The molecule has 2 aromatic rings. The van der Waals surface area contributed by atoms with Gasteiger partial charge < -0.3 is 5.32 Å². The topological polar surface area (TPSA) is 66.5 Å². The summed E-state index contributed by atoms with van der Waals surface area (Å²) < 4.78 is 27.0. The van der Waals surface area contributed by atoms with Gasteiger partial charge in [0.05, 0.1) is 4.90 Å². The molecule has 1 fully saturated rings. The summed E-state index contributed by atoms with van der Waals surface area (Å²) in [7, 11) is -3.51. The Kier molecular flexibility index (Phi) is 6.11. The Balaban J connectivity index is 1.72. The molecule has 1 aliphatic heterocycles. The molecule has 0 radical (unpaired) electrons. The Bertz CT molecular complexity index is 918. The molecule has 0 unspecified atom stereocenters. The summed E-state index contributed by atoms with van der Waals surface area (Å²) in [6.45, 7) is 3.21. The van der Waals surface area contributed by atoms with Crippen molar-refractivity contribution in [1.82, 2.24) is 4.31 Å². The van der Waals surface area contributed by atoms with Crippen molar-refractivity contribution < 1.29 is 13.2 Å². The molecule has 1 aliphatic rings. The number of halogens is 2. The maximum atomic E-state index is 12.7. The minimum Gasteiger partial charge on any atom is -0.322 e. The third kappa shape index (κ3) is 4.82. The largest absolute Gasteiger partial charge is 0.322 e. The number of amides is 1. The molecule has 0 aliphatic carbocycles. The van der Waals surface area contributed by atoms with Crippen LogP contribution in [-0.2, 0) is 10.0 Å². The standard InChI is InChI=1S/C19H20Cl2N2O3S/c1-13-6-8-23(9-7-13)27(25,26)18-4-2-17(3-5-18)22-19(24)14-10-15(20)12-16(21)11-14/h2-5,10-13H,6-9H2,1H3,(H,22,24). The molecular weight excluding hydrogens is 407 g/mol. The van der Waals surface area contributed by atoms with E-state index in [-0.39, 0.29) is 10.8 Å². The van der Waals surface area contributed by atoms with Crippen LogP contribution in [0.4, 0.5) is 5.69 Å². The number of piperidine rings is 1. The van der Waals surface area contributed by atoms with E-state index in [4.69, 9.17) is 23.2 Å². The molecule has 1 heterocycles. The van der Waals surface area contributed by atoms with E-state index in [0.717, 1.165) is 12.8 Å². The van der Waals surface area contributed by atoms with Gasteiger partial charge in [0.15, 0.2) is 0 Å². The SMILES string of the molecule is CC1CCN(S(=O)(=O)c2ccc(NC(=O)c3cc(Cl)cc(Cl)c3)cc2)CC1. The monoisotopic (exact) mass is 426 g/mol. The number of hydrogen-bond donors (Lipinski definition) is 1. The fourth-order valence-corrected chi connectivity index (χ4v) is 4.97. The Morgan fingerprint density at radius 1 is 1.04 bits per heavy atom. The van der Waals surface area contributed by atoms with Crippen molar-refractivity contribution >= 4 is 44.8 Å². The smallest absolute Gasteiger partial charge is 0.255 e. The molecule has 5 nitrogen and oxygen atoms in total. The van der Waals surface area contributed by atoms with Crippen molar-refractivity contribution in [3.63, 3.8) is 0 Å². The van der Waals surface area contributed by atoms with E-state index >= 15 is 0 Å². The van der Waals surface area contributed by atoms with E-state index in [1.807, 2.05) is 0 Å². The summed E-state index contributed by atoms with van der Waals surface area (Å²) >= 11 is 11.8. The zero-order valence-corrected chi connectivity index (χ0v) is 17.1. The first-order valence-electron chi connectivity index (χ1n) is 8.63. The van der Waals surface area contributed by atoms with Gasteiger partial charge in [0.1, 0.15) is 0 Å². The van der Waals surface area contributed by atoms with Crippen LogP contribution in [0.1, 0.15) is 30.1 Å². The van der Waals surface area contributed by atoms with Crippen LogP contribution in [0.3, 0.4) is 0 Å². The number of carbonyl (C=O) groups excluding carboxylic acids is 1. The van der Waals surface area contributed by atoms with Crippen LogP contribution >= 0.6 is 23.2 Å². The number of benzene rings is 2. The van der Waals surface area contributed by atoms with Gasteiger partial charge in [-0.2, -0.15) is 4.31 Å². The molecule has 8 heteroatoms. The second-order valence-electron chi connectivity index (χ2n) is 6.72. The fourth-order valence-electron chi connectivity index (χ4n) is 2.97. The van der Waals surface area contributed by atoms with Gasteiger partial charge in [-0.1, -0.05) is 30.1 Å². The normalized spacial score (nSPS) is 16.3. The molecule has 27 heavy (non-hydrogen) atoms. The van der Waals surface area contributed by atoms with E-state index in [1.54, 1.807) is 18.2 Å². The molecular formula is C19H20Cl2N2O3S. The van der Waals surface area contributed by atoms with Crippen LogP contribution in [0.2, 0.25) is 10.0 Å². The third-order valence-corrected chi connectivity index (χ3v) is 6.97. The van der Waals surface area contributed by atoms with Crippen molar-refractivity contribution in [2.24, 2.45) is 5.92 Å². The van der Waals surface area contributed by atoms with Crippen LogP contribution in [0.5, 0.6) is 0 Å². The van der Waals surface area contributed by atoms with E-state index < -0.39 is 10.0 Å². The number of nitrogens with one attached hydrogen (secondary N) is 1. The maximum Gasteiger partial charge on any atom is 0.255 e. The highest BCUT2D eigenvalue weighted by atomic mass is 35.5. The van der Waals surface area contributed by atoms with Crippen molar-refractivity contribution in [2.75, 3.05) is 18.4 Å². The van der Waals surface area contributed by atoms with Crippen LogP contribution in [0.25, 0.3) is 0 Å². The van der Waals surface area contributed by atoms with Crippen molar-refractivity contribution in [3.8, 4) is 0 Å².